The highest BCUT2D eigenvalue weighted by Crippen LogP contribution is 2.18. The Kier molecular flexibility index (Phi) is 2.23. The molecule has 0 aliphatic heterocycles. The molecule has 17 heavy (non-hydrogen) atoms. The molecule has 3 rings (SSSR count). The van der Waals surface area contributed by atoms with E-state index in [1.807, 2.05) is 12.1 Å². The molecule has 3 aromatic rings. The van der Waals surface area contributed by atoms with Crippen molar-refractivity contribution in [3.8, 4) is 11.4 Å². The van der Waals surface area contributed by atoms with Gasteiger partial charge in [0, 0.05) is 16.7 Å². The molecule has 2 aromatic heterocycles. The van der Waals surface area contributed by atoms with Gasteiger partial charge < -0.3 is 0 Å². The summed E-state index contributed by atoms with van der Waals surface area (Å²) in [5, 5.41) is 3.62. The molecule has 0 aliphatic rings. The molecule has 0 aliphatic carbocycles. The number of aromatic nitrogens is 3. The molecule has 0 unspecified atom stereocenters. The van der Waals surface area contributed by atoms with E-state index in [0.717, 1.165) is 5.56 Å². The highest BCUT2D eigenvalue weighted by molar-refractivity contribution is 6.30. The van der Waals surface area contributed by atoms with Crippen LogP contribution in [0.15, 0.2) is 47.3 Å². The minimum absolute atomic E-state index is 0.129. The zero-order valence-corrected chi connectivity index (χ0v) is 9.48. The first kappa shape index (κ1) is 10.1. The second-order valence-electron chi connectivity index (χ2n) is 3.64. The van der Waals surface area contributed by atoms with Crippen LogP contribution >= 0.6 is 11.6 Å². The first-order chi connectivity index (χ1) is 8.24. The van der Waals surface area contributed by atoms with Gasteiger partial charge >= 0.3 is 0 Å². The Hall–Kier alpha value is -2.07. The largest absolute Gasteiger partial charge is 0.272 e. The van der Waals surface area contributed by atoms with Gasteiger partial charge in [-0.1, -0.05) is 17.7 Å². The maximum atomic E-state index is 11.5. The van der Waals surface area contributed by atoms with Gasteiger partial charge in [-0.15, -0.1) is 0 Å². The average molecular weight is 246 g/mol. The van der Waals surface area contributed by atoms with E-state index in [1.165, 1.54) is 10.6 Å². The normalized spacial score (nSPS) is 10.9. The van der Waals surface area contributed by atoms with Crippen molar-refractivity contribution in [2.75, 3.05) is 0 Å². The van der Waals surface area contributed by atoms with Crippen LogP contribution in [-0.4, -0.2) is 14.6 Å². The van der Waals surface area contributed by atoms with Crippen LogP contribution in [0.3, 0.4) is 0 Å². The number of nitrogens with one attached hydrogen (secondary N) is 1. The summed E-state index contributed by atoms with van der Waals surface area (Å²) >= 11 is 5.82. The Morgan fingerprint density at radius 2 is 1.88 bits per heavy atom. The monoisotopic (exact) mass is 245 g/mol. The molecule has 0 saturated carbocycles. The van der Waals surface area contributed by atoms with Crippen molar-refractivity contribution in [3.05, 3.63) is 57.8 Å². The van der Waals surface area contributed by atoms with Gasteiger partial charge in [-0.3, -0.25) is 9.89 Å². The summed E-state index contributed by atoms with van der Waals surface area (Å²) in [4.78, 5) is 15.9. The number of pyridine rings is 1. The lowest BCUT2D eigenvalue weighted by atomic mass is 10.2. The first-order valence-electron chi connectivity index (χ1n) is 5.08. The molecule has 0 fully saturated rings. The summed E-state index contributed by atoms with van der Waals surface area (Å²) in [6, 6.07) is 12.2. The van der Waals surface area contributed by atoms with Crippen molar-refractivity contribution in [2.24, 2.45) is 0 Å². The van der Waals surface area contributed by atoms with Crippen LogP contribution in [0.4, 0.5) is 0 Å². The fourth-order valence-corrected chi connectivity index (χ4v) is 1.79. The number of rotatable bonds is 1. The summed E-state index contributed by atoms with van der Waals surface area (Å²) < 4.78 is 1.41. The smallest absolute Gasteiger partial charge is 0.271 e. The van der Waals surface area contributed by atoms with Crippen LogP contribution in [-0.2, 0) is 0 Å². The van der Waals surface area contributed by atoms with E-state index in [4.69, 9.17) is 11.6 Å². The van der Waals surface area contributed by atoms with Gasteiger partial charge in [0.1, 0.15) is 0 Å². The predicted octanol–water partition coefficient (Wildman–Crippen LogP) is 2.34. The fourth-order valence-electron chi connectivity index (χ4n) is 1.66. The predicted molar refractivity (Wildman–Crippen MR) is 66.3 cm³/mol. The third kappa shape index (κ3) is 1.72. The van der Waals surface area contributed by atoms with E-state index in [0.29, 0.717) is 16.5 Å². The summed E-state index contributed by atoms with van der Waals surface area (Å²) in [7, 11) is 0. The lowest BCUT2D eigenvalue weighted by Crippen LogP contribution is -2.11. The number of fused-ring (bicyclic) bond motifs is 1. The number of hydrogen-bond donors (Lipinski definition) is 1. The van der Waals surface area contributed by atoms with Crippen LogP contribution in [0.25, 0.3) is 17.0 Å². The Bertz CT molecular complexity index is 727. The third-order valence-corrected chi connectivity index (χ3v) is 2.75. The molecular weight excluding hydrogens is 238 g/mol. The molecule has 0 saturated heterocycles. The van der Waals surface area contributed by atoms with Crippen LogP contribution in [0.2, 0.25) is 5.02 Å². The van der Waals surface area contributed by atoms with Gasteiger partial charge in [0.05, 0.1) is 0 Å². The second-order valence-corrected chi connectivity index (χ2v) is 4.07. The van der Waals surface area contributed by atoms with E-state index in [2.05, 4.69) is 10.1 Å². The molecule has 1 N–H and O–H groups in total. The minimum atomic E-state index is -0.129. The quantitative estimate of drug-likeness (QED) is 0.715. The van der Waals surface area contributed by atoms with Crippen molar-refractivity contribution < 1.29 is 0 Å². The van der Waals surface area contributed by atoms with E-state index in [9.17, 15) is 4.79 Å². The number of nitrogens with zero attached hydrogens (tertiary/aromatic N) is 2. The fraction of sp³-hybridized carbons (Fsp3) is 0. The average Bonchev–Trinajstić information content (AvgIpc) is 2.75. The van der Waals surface area contributed by atoms with Crippen molar-refractivity contribution in [1.82, 2.24) is 14.6 Å². The molecule has 0 amide bonds. The molecule has 5 heteroatoms. The zero-order chi connectivity index (χ0) is 11.8. The van der Waals surface area contributed by atoms with E-state index >= 15 is 0 Å². The number of H-pyrrole nitrogens is 1. The molecule has 84 valence electrons. The van der Waals surface area contributed by atoms with Gasteiger partial charge in [-0.25, -0.2) is 4.98 Å². The third-order valence-electron chi connectivity index (χ3n) is 2.50. The van der Waals surface area contributed by atoms with Crippen molar-refractivity contribution in [1.29, 1.82) is 0 Å². The SMILES string of the molecule is O=c1cccc2nc(-c3ccc(Cl)cc3)[nH]n12. The van der Waals surface area contributed by atoms with Gasteiger partial charge in [0.2, 0.25) is 0 Å². The highest BCUT2D eigenvalue weighted by atomic mass is 35.5. The van der Waals surface area contributed by atoms with E-state index in [1.54, 1.807) is 24.3 Å². The lowest BCUT2D eigenvalue weighted by Gasteiger charge is -1.95. The van der Waals surface area contributed by atoms with Crippen molar-refractivity contribution in [3.63, 3.8) is 0 Å². The minimum Gasteiger partial charge on any atom is -0.272 e. The van der Waals surface area contributed by atoms with E-state index in [-0.39, 0.29) is 5.56 Å². The van der Waals surface area contributed by atoms with Crippen molar-refractivity contribution >= 4 is 17.2 Å². The molecule has 0 atom stereocenters. The molecular formula is C12H8ClN3O. The zero-order valence-electron chi connectivity index (χ0n) is 8.72. The van der Waals surface area contributed by atoms with Gasteiger partial charge in [-0.2, -0.15) is 4.52 Å². The maximum Gasteiger partial charge on any atom is 0.271 e. The van der Waals surface area contributed by atoms with Crippen molar-refractivity contribution in [2.45, 2.75) is 0 Å². The summed E-state index contributed by atoms with van der Waals surface area (Å²) in [6.45, 7) is 0. The topological polar surface area (TPSA) is 50.2 Å². The molecule has 0 radical (unpaired) electrons. The Morgan fingerprint density at radius 1 is 1.12 bits per heavy atom. The standard InChI is InChI=1S/C12H8ClN3O/c13-9-6-4-8(5-7-9)12-14-10-2-1-3-11(17)16(10)15-12/h1-7H,(H,14,15). The van der Waals surface area contributed by atoms with Crippen LogP contribution in [0, 0.1) is 0 Å². The number of benzene rings is 1. The van der Waals surface area contributed by atoms with Gasteiger partial charge in [-0.05, 0) is 30.3 Å². The maximum absolute atomic E-state index is 11.5. The van der Waals surface area contributed by atoms with Gasteiger partial charge in [0.15, 0.2) is 11.5 Å². The second kappa shape index (κ2) is 3.75. The Balaban J connectivity index is 2.21. The number of aromatic amines is 1. The van der Waals surface area contributed by atoms with Gasteiger partial charge in [0.25, 0.3) is 5.56 Å². The summed E-state index contributed by atoms with van der Waals surface area (Å²) in [5.41, 5.74) is 1.36. The first-order valence-corrected chi connectivity index (χ1v) is 5.45. The van der Waals surface area contributed by atoms with Crippen LogP contribution in [0.5, 0.6) is 0 Å². The Labute approximate surface area is 101 Å². The number of hydrogen-bond acceptors (Lipinski definition) is 2. The summed E-state index contributed by atoms with van der Waals surface area (Å²) in [5.74, 6) is 0.643. The number of halogens is 1. The lowest BCUT2D eigenvalue weighted by molar-refractivity contribution is 0.924. The Morgan fingerprint density at radius 3 is 2.59 bits per heavy atom. The van der Waals surface area contributed by atoms with Crippen LogP contribution in [0.1, 0.15) is 0 Å². The van der Waals surface area contributed by atoms with E-state index < -0.39 is 0 Å². The molecule has 4 nitrogen and oxygen atoms in total. The van der Waals surface area contributed by atoms with Crippen LogP contribution < -0.4 is 5.56 Å². The molecule has 0 bridgehead atoms. The molecule has 0 spiro atoms. The summed E-state index contributed by atoms with van der Waals surface area (Å²) in [6.07, 6.45) is 0. The highest BCUT2D eigenvalue weighted by Gasteiger charge is 2.05. The molecule has 1 aromatic carbocycles. The molecule has 2 heterocycles.